The van der Waals surface area contributed by atoms with E-state index in [0.717, 1.165) is 18.6 Å². The zero-order valence-corrected chi connectivity index (χ0v) is 10.0. The molecule has 0 aromatic heterocycles. The van der Waals surface area contributed by atoms with Crippen molar-refractivity contribution in [2.24, 2.45) is 0 Å². The van der Waals surface area contributed by atoms with Gasteiger partial charge < -0.3 is 4.74 Å². The fourth-order valence-corrected chi connectivity index (χ4v) is 2.48. The van der Waals surface area contributed by atoms with Crippen molar-refractivity contribution in [1.29, 1.82) is 0 Å². The summed E-state index contributed by atoms with van der Waals surface area (Å²) >= 11 is 0. The first-order valence-corrected chi connectivity index (χ1v) is 6.15. The van der Waals surface area contributed by atoms with Crippen LogP contribution in [0.4, 0.5) is 0 Å². The van der Waals surface area contributed by atoms with E-state index < -0.39 is 0 Å². The van der Waals surface area contributed by atoms with Crippen LogP contribution in [-0.2, 0) is 6.42 Å². The third kappa shape index (κ3) is 1.93. The highest BCUT2D eigenvalue weighted by molar-refractivity contribution is 5.37. The van der Waals surface area contributed by atoms with Crippen molar-refractivity contribution in [2.45, 2.75) is 25.9 Å². The molecule has 17 heavy (non-hydrogen) atoms. The molecule has 1 nitrogen and oxygen atoms in total. The van der Waals surface area contributed by atoms with Gasteiger partial charge in [-0.25, -0.2) is 0 Å². The monoisotopic (exact) mass is 224 g/mol. The third-order valence-electron chi connectivity index (χ3n) is 3.44. The summed E-state index contributed by atoms with van der Waals surface area (Å²) in [6, 6.07) is 16.8. The van der Waals surface area contributed by atoms with Gasteiger partial charge in [0.2, 0.25) is 0 Å². The van der Waals surface area contributed by atoms with Gasteiger partial charge in [0.25, 0.3) is 0 Å². The molecule has 1 unspecified atom stereocenters. The van der Waals surface area contributed by atoms with Gasteiger partial charge in [-0.2, -0.15) is 0 Å². The van der Waals surface area contributed by atoms with Crippen molar-refractivity contribution in [3.63, 3.8) is 0 Å². The van der Waals surface area contributed by atoms with E-state index in [1.807, 2.05) is 12.1 Å². The first-order chi connectivity index (χ1) is 8.34. The quantitative estimate of drug-likeness (QED) is 0.747. The molecular weight excluding hydrogens is 208 g/mol. The van der Waals surface area contributed by atoms with Gasteiger partial charge in [-0.15, -0.1) is 0 Å². The summed E-state index contributed by atoms with van der Waals surface area (Å²) in [6.45, 7) is 2.09. The largest absolute Gasteiger partial charge is 0.485 e. The predicted molar refractivity (Wildman–Crippen MR) is 69.3 cm³/mol. The van der Waals surface area contributed by atoms with Crippen LogP contribution in [0.5, 0.6) is 5.75 Å². The van der Waals surface area contributed by atoms with Gasteiger partial charge in [0.1, 0.15) is 11.9 Å². The number of fused-ring (bicyclic) bond motifs is 1. The lowest BCUT2D eigenvalue weighted by molar-refractivity contribution is 0.206. The van der Waals surface area contributed by atoms with Crippen LogP contribution in [-0.4, -0.2) is 0 Å². The Bertz CT molecular complexity index is 531. The fraction of sp³-hybridized carbons (Fsp3) is 0.250. The molecule has 0 aliphatic heterocycles. The minimum atomic E-state index is 0.229. The standard InChI is InChI=1S/C16H16O/c1-12-6-2-5-9-15(12)17-16-11-10-13-7-3-4-8-14(13)16/h2-9,16H,10-11H2,1H3. The number of para-hydroxylation sites is 1. The Kier molecular flexibility index (Phi) is 2.60. The Morgan fingerprint density at radius 1 is 1.00 bits per heavy atom. The molecule has 0 radical (unpaired) electrons. The molecule has 0 saturated heterocycles. The number of aryl methyl sites for hydroxylation is 2. The molecule has 0 heterocycles. The van der Waals surface area contributed by atoms with Crippen LogP contribution < -0.4 is 4.74 Å². The van der Waals surface area contributed by atoms with Gasteiger partial charge in [0, 0.05) is 0 Å². The Balaban J connectivity index is 1.87. The van der Waals surface area contributed by atoms with Crippen molar-refractivity contribution in [3.05, 3.63) is 65.2 Å². The number of rotatable bonds is 2. The number of ether oxygens (including phenoxy) is 1. The van der Waals surface area contributed by atoms with Gasteiger partial charge in [-0.05, 0) is 42.5 Å². The van der Waals surface area contributed by atoms with Gasteiger partial charge >= 0.3 is 0 Å². The molecule has 1 aliphatic rings. The highest BCUT2D eigenvalue weighted by Gasteiger charge is 2.23. The van der Waals surface area contributed by atoms with E-state index in [-0.39, 0.29) is 6.10 Å². The summed E-state index contributed by atoms with van der Waals surface area (Å²) in [5, 5.41) is 0. The maximum absolute atomic E-state index is 6.13. The molecular formula is C16H16O. The lowest BCUT2D eigenvalue weighted by atomic mass is 10.1. The van der Waals surface area contributed by atoms with E-state index in [0.29, 0.717) is 0 Å². The first kappa shape index (κ1) is 10.4. The van der Waals surface area contributed by atoms with E-state index in [1.165, 1.54) is 16.7 Å². The fourth-order valence-electron chi connectivity index (χ4n) is 2.48. The topological polar surface area (TPSA) is 9.23 Å². The SMILES string of the molecule is Cc1ccccc1OC1CCc2ccccc21. The molecule has 1 atom stereocenters. The van der Waals surface area contributed by atoms with Gasteiger partial charge in [0.15, 0.2) is 0 Å². The third-order valence-corrected chi connectivity index (χ3v) is 3.44. The molecule has 0 amide bonds. The van der Waals surface area contributed by atoms with Gasteiger partial charge in [-0.1, -0.05) is 42.5 Å². The van der Waals surface area contributed by atoms with E-state index in [2.05, 4.69) is 43.3 Å². The van der Waals surface area contributed by atoms with E-state index in [4.69, 9.17) is 4.74 Å². The molecule has 2 aromatic rings. The van der Waals surface area contributed by atoms with Crippen molar-refractivity contribution >= 4 is 0 Å². The summed E-state index contributed by atoms with van der Waals surface area (Å²) < 4.78 is 6.13. The summed E-state index contributed by atoms with van der Waals surface area (Å²) in [7, 11) is 0. The average Bonchev–Trinajstić information content (AvgIpc) is 2.76. The maximum Gasteiger partial charge on any atom is 0.124 e. The Morgan fingerprint density at radius 3 is 2.65 bits per heavy atom. The molecule has 0 N–H and O–H groups in total. The van der Waals surface area contributed by atoms with Crippen molar-refractivity contribution in [1.82, 2.24) is 0 Å². The Labute approximate surface area is 102 Å². The van der Waals surface area contributed by atoms with E-state index in [9.17, 15) is 0 Å². The van der Waals surface area contributed by atoms with Crippen molar-refractivity contribution in [3.8, 4) is 5.75 Å². The predicted octanol–water partition coefficient (Wildman–Crippen LogP) is 4.06. The molecule has 0 bridgehead atoms. The number of hydrogen-bond donors (Lipinski definition) is 0. The van der Waals surface area contributed by atoms with Crippen LogP contribution in [0.3, 0.4) is 0 Å². The van der Waals surface area contributed by atoms with Crippen LogP contribution in [0, 0.1) is 6.92 Å². The van der Waals surface area contributed by atoms with Crippen LogP contribution in [0.1, 0.15) is 29.2 Å². The van der Waals surface area contributed by atoms with Gasteiger partial charge in [-0.3, -0.25) is 0 Å². The summed E-state index contributed by atoms with van der Waals surface area (Å²) in [5.74, 6) is 1.01. The zero-order valence-electron chi connectivity index (χ0n) is 10.0. The summed E-state index contributed by atoms with van der Waals surface area (Å²) in [4.78, 5) is 0. The molecule has 1 heteroatoms. The summed E-state index contributed by atoms with van der Waals surface area (Å²) in [5.41, 5.74) is 4.00. The molecule has 3 rings (SSSR count). The molecule has 86 valence electrons. The Hall–Kier alpha value is -1.76. The zero-order chi connectivity index (χ0) is 11.7. The minimum absolute atomic E-state index is 0.229. The average molecular weight is 224 g/mol. The lowest BCUT2D eigenvalue weighted by Crippen LogP contribution is -2.04. The highest BCUT2D eigenvalue weighted by atomic mass is 16.5. The molecule has 1 aliphatic carbocycles. The molecule has 0 fully saturated rings. The molecule has 2 aromatic carbocycles. The van der Waals surface area contributed by atoms with Crippen LogP contribution in [0.25, 0.3) is 0 Å². The van der Waals surface area contributed by atoms with E-state index in [1.54, 1.807) is 0 Å². The number of benzene rings is 2. The minimum Gasteiger partial charge on any atom is -0.485 e. The lowest BCUT2D eigenvalue weighted by Gasteiger charge is -2.16. The Morgan fingerprint density at radius 2 is 1.76 bits per heavy atom. The van der Waals surface area contributed by atoms with Crippen molar-refractivity contribution in [2.75, 3.05) is 0 Å². The van der Waals surface area contributed by atoms with Crippen LogP contribution in [0.2, 0.25) is 0 Å². The van der Waals surface area contributed by atoms with Gasteiger partial charge in [0.05, 0.1) is 0 Å². The van der Waals surface area contributed by atoms with Crippen LogP contribution >= 0.6 is 0 Å². The second-order valence-corrected chi connectivity index (χ2v) is 4.61. The second-order valence-electron chi connectivity index (χ2n) is 4.61. The first-order valence-electron chi connectivity index (χ1n) is 6.15. The summed E-state index contributed by atoms with van der Waals surface area (Å²) in [6.07, 6.45) is 2.45. The maximum atomic E-state index is 6.13. The smallest absolute Gasteiger partial charge is 0.124 e. The van der Waals surface area contributed by atoms with E-state index >= 15 is 0 Å². The highest BCUT2D eigenvalue weighted by Crippen LogP contribution is 2.35. The number of hydrogen-bond acceptors (Lipinski definition) is 1. The normalized spacial score (nSPS) is 17.8. The second kappa shape index (κ2) is 4.25. The van der Waals surface area contributed by atoms with Crippen molar-refractivity contribution < 1.29 is 4.74 Å². The molecule has 0 saturated carbocycles. The molecule has 0 spiro atoms. The van der Waals surface area contributed by atoms with Crippen LogP contribution in [0.15, 0.2) is 48.5 Å².